The Morgan fingerprint density at radius 2 is 1.92 bits per heavy atom. The minimum Gasteiger partial charge on any atom is -0.504 e. The number of carbonyl (C=O) groups excluding carboxylic acids is 1. The third-order valence-corrected chi connectivity index (χ3v) is 3.91. The van der Waals surface area contributed by atoms with E-state index < -0.39 is 5.97 Å². The number of piperazine rings is 1. The van der Waals surface area contributed by atoms with Crippen LogP contribution in [0, 0.1) is 5.92 Å². The number of rotatable bonds is 5. The first-order valence-corrected chi connectivity index (χ1v) is 7.93. The fourth-order valence-electron chi connectivity index (χ4n) is 2.92. The number of nitrogens with zero attached hydrogens (tertiary/aromatic N) is 1. The minimum atomic E-state index is -0.427. The molecule has 1 fully saturated rings. The Kier molecular flexibility index (Phi) is 10.3. The Labute approximate surface area is 156 Å². The lowest BCUT2D eigenvalue weighted by molar-refractivity contribution is -0.132. The van der Waals surface area contributed by atoms with Crippen molar-refractivity contribution in [3.63, 3.8) is 0 Å². The van der Waals surface area contributed by atoms with Crippen LogP contribution in [-0.2, 0) is 4.79 Å². The van der Waals surface area contributed by atoms with Crippen LogP contribution in [0.5, 0.6) is 11.5 Å². The fourth-order valence-corrected chi connectivity index (χ4v) is 2.92. The summed E-state index contributed by atoms with van der Waals surface area (Å²) in [5.74, 6) is 0.385. The molecule has 0 aliphatic carbocycles. The number of hydrogen-bond acceptors (Lipinski definition) is 5. The van der Waals surface area contributed by atoms with Crippen LogP contribution in [0.4, 0.5) is 0 Å². The van der Waals surface area contributed by atoms with E-state index in [0.717, 1.165) is 38.2 Å². The van der Waals surface area contributed by atoms with E-state index in [-0.39, 0.29) is 42.4 Å². The van der Waals surface area contributed by atoms with Crippen molar-refractivity contribution in [1.82, 2.24) is 10.2 Å². The summed E-state index contributed by atoms with van der Waals surface area (Å²) in [5.41, 5.74) is 1.07. The van der Waals surface area contributed by atoms with Gasteiger partial charge in [0.05, 0.1) is 0 Å². The molecule has 1 aliphatic rings. The molecule has 2 rings (SSSR count). The molecule has 1 heterocycles. The highest BCUT2D eigenvalue weighted by molar-refractivity contribution is 5.85. The number of esters is 1. The average Bonchev–Trinajstić information content (AvgIpc) is 2.47. The second-order valence-electron chi connectivity index (χ2n) is 6.25. The van der Waals surface area contributed by atoms with Crippen molar-refractivity contribution >= 4 is 30.8 Å². The predicted octanol–water partition coefficient (Wildman–Crippen LogP) is 3.15. The van der Waals surface area contributed by atoms with Gasteiger partial charge in [-0.1, -0.05) is 19.9 Å². The number of benzene rings is 1. The molecule has 138 valence electrons. The van der Waals surface area contributed by atoms with E-state index in [1.54, 1.807) is 12.1 Å². The molecule has 1 aromatic carbocycles. The van der Waals surface area contributed by atoms with E-state index in [1.807, 2.05) is 6.07 Å². The molecule has 1 aromatic rings. The molecular weight excluding hydrogens is 351 g/mol. The summed E-state index contributed by atoms with van der Waals surface area (Å²) in [7, 11) is 0. The molecule has 5 nitrogen and oxygen atoms in total. The van der Waals surface area contributed by atoms with Gasteiger partial charge in [0.25, 0.3) is 0 Å². The van der Waals surface area contributed by atoms with Gasteiger partial charge in [-0.25, -0.2) is 0 Å². The number of aromatic hydroxyl groups is 1. The van der Waals surface area contributed by atoms with E-state index in [0.29, 0.717) is 5.92 Å². The van der Waals surface area contributed by atoms with Crippen molar-refractivity contribution in [3.8, 4) is 11.5 Å². The number of phenols is 1. The van der Waals surface area contributed by atoms with Crippen molar-refractivity contribution in [2.45, 2.75) is 33.2 Å². The molecule has 0 radical (unpaired) electrons. The average molecular weight is 379 g/mol. The summed E-state index contributed by atoms with van der Waals surface area (Å²) in [6.07, 6.45) is 1.03. The second-order valence-corrected chi connectivity index (χ2v) is 6.25. The summed E-state index contributed by atoms with van der Waals surface area (Å²) in [6.45, 7) is 9.74. The summed E-state index contributed by atoms with van der Waals surface area (Å²) in [5, 5.41) is 13.5. The second kappa shape index (κ2) is 10.8. The molecule has 1 atom stereocenters. The van der Waals surface area contributed by atoms with E-state index in [9.17, 15) is 9.90 Å². The van der Waals surface area contributed by atoms with E-state index in [2.05, 4.69) is 24.1 Å². The highest BCUT2D eigenvalue weighted by atomic mass is 35.5. The lowest BCUT2D eigenvalue weighted by Gasteiger charge is -2.36. The van der Waals surface area contributed by atoms with Gasteiger partial charge in [-0.2, -0.15) is 0 Å². The van der Waals surface area contributed by atoms with Crippen LogP contribution in [0.2, 0.25) is 0 Å². The Balaban J connectivity index is 0.00000264. The van der Waals surface area contributed by atoms with Crippen LogP contribution in [0.3, 0.4) is 0 Å². The monoisotopic (exact) mass is 378 g/mol. The summed E-state index contributed by atoms with van der Waals surface area (Å²) in [4.78, 5) is 13.5. The molecule has 0 saturated carbocycles. The van der Waals surface area contributed by atoms with Gasteiger partial charge >= 0.3 is 5.97 Å². The molecule has 7 heteroatoms. The smallest absolute Gasteiger partial charge is 0.308 e. The number of nitrogens with one attached hydrogen (secondary N) is 1. The standard InChI is InChI=1S/C17H26N2O3.2ClH/c1-12(2)10-15(19-8-6-18-7-9-19)14-4-5-17(16(21)11-14)22-13(3)20;;/h4-5,11-12,15,18,21H,6-10H2,1-3H3;2*1H/t15-;;/m1../s1. The number of carbonyl (C=O) groups is 1. The van der Waals surface area contributed by atoms with Crippen LogP contribution < -0.4 is 10.1 Å². The van der Waals surface area contributed by atoms with Gasteiger partial charge in [0.2, 0.25) is 0 Å². The van der Waals surface area contributed by atoms with Crippen LogP contribution in [0.15, 0.2) is 18.2 Å². The zero-order chi connectivity index (χ0) is 16.1. The first-order valence-electron chi connectivity index (χ1n) is 7.93. The molecule has 0 bridgehead atoms. The quantitative estimate of drug-likeness (QED) is 0.608. The third kappa shape index (κ3) is 6.48. The Morgan fingerprint density at radius 1 is 1.29 bits per heavy atom. The maximum atomic E-state index is 11.0. The van der Waals surface area contributed by atoms with E-state index in [4.69, 9.17) is 4.74 Å². The SMILES string of the molecule is CC(=O)Oc1ccc([C@@H](CC(C)C)N2CCNCC2)cc1O.Cl.Cl. The van der Waals surface area contributed by atoms with Gasteiger partial charge in [-0.3, -0.25) is 9.69 Å². The maximum Gasteiger partial charge on any atom is 0.308 e. The van der Waals surface area contributed by atoms with Crippen molar-refractivity contribution in [2.75, 3.05) is 26.2 Å². The van der Waals surface area contributed by atoms with Crippen LogP contribution in [0.25, 0.3) is 0 Å². The van der Waals surface area contributed by atoms with Crippen molar-refractivity contribution in [3.05, 3.63) is 23.8 Å². The zero-order valence-corrected chi connectivity index (χ0v) is 16.1. The maximum absolute atomic E-state index is 11.0. The lowest BCUT2D eigenvalue weighted by Crippen LogP contribution is -2.45. The van der Waals surface area contributed by atoms with Crippen molar-refractivity contribution < 1.29 is 14.6 Å². The first-order chi connectivity index (χ1) is 10.5. The normalized spacial score (nSPS) is 16.0. The van der Waals surface area contributed by atoms with Gasteiger partial charge < -0.3 is 15.2 Å². The minimum absolute atomic E-state index is 0. The Hall–Kier alpha value is -1.01. The molecule has 1 aliphatic heterocycles. The highest BCUT2D eigenvalue weighted by Gasteiger charge is 2.24. The molecule has 0 amide bonds. The summed E-state index contributed by atoms with van der Waals surface area (Å²) in [6, 6.07) is 5.64. The first kappa shape index (κ1) is 23.0. The highest BCUT2D eigenvalue weighted by Crippen LogP contribution is 2.34. The summed E-state index contributed by atoms with van der Waals surface area (Å²) >= 11 is 0. The van der Waals surface area contributed by atoms with Gasteiger partial charge in [-0.05, 0) is 30.0 Å². The molecule has 0 spiro atoms. The molecule has 0 aromatic heterocycles. The number of halogens is 2. The largest absolute Gasteiger partial charge is 0.504 e. The van der Waals surface area contributed by atoms with Crippen molar-refractivity contribution in [1.29, 1.82) is 0 Å². The van der Waals surface area contributed by atoms with Crippen LogP contribution in [0.1, 0.15) is 38.8 Å². The third-order valence-electron chi connectivity index (χ3n) is 3.91. The van der Waals surface area contributed by atoms with E-state index >= 15 is 0 Å². The van der Waals surface area contributed by atoms with Gasteiger partial charge in [0.15, 0.2) is 11.5 Å². The topological polar surface area (TPSA) is 61.8 Å². The summed E-state index contributed by atoms with van der Waals surface area (Å²) < 4.78 is 4.99. The zero-order valence-electron chi connectivity index (χ0n) is 14.4. The van der Waals surface area contributed by atoms with Crippen LogP contribution in [-0.4, -0.2) is 42.2 Å². The molecular formula is C17H28Cl2N2O3. The van der Waals surface area contributed by atoms with Crippen molar-refractivity contribution in [2.24, 2.45) is 5.92 Å². The molecule has 24 heavy (non-hydrogen) atoms. The number of ether oxygens (including phenoxy) is 1. The molecule has 2 N–H and O–H groups in total. The number of phenolic OH excluding ortho intramolecular Hbond substituents is 1. The fraction of sp³-hybridized carbons (Fsp3) is 0.588. The molecule has 1 saturated heterocycles. The van der Waals surface area contributed by atoms with Gasteiger partial charge in [0, 0.05) is 39.1 Å². The number of hydrogen-bond donors (Lipinski definition) is 2. The Morgan fingerprint density at radius 3 is 2.42 bits per heavy atom. The van der Waals surface area contributed by atoms with E-state index in [1.165, 1.54) is 6.92 Å². The lowest BCUT2D eigenvalue weighted by atomic mass is 9.94. The predicted molar refractivity (Wildman–Crippen MR) is 101 cm³/mol. The Bertz CT molecular complexity index is 521. The van der Waals surface area contributed by atoms with Gasteiger partial charge in [-0.15, -0.1) is 24.8 Å². The molecule has 0 unspecified atom stereocenters. The van der Waals surface area contributed by atoms with Gasteiger partial charge in [0.1, 0.15) is 0 Å². The van der Waals surface area contributed by atoms with Crippen LogP contribution >= 0.6 is 24.8 Å².